The van der Waals surface area contributed by atoms with Crippen molar-refractivity contribution in [1.29, 1.82) is 0 Å². The highest BCUT2D eigenvalue weighted by Gasteiger charge is 2.31. The minimum absolute atomic E-state index is 0.0349. The fourth-order valence-corrected chi connectivity index (χ4v) is 4.92. The van der Waals surface area contributed by atoms with Crippen LogP contribution in [0.2, 0.25) is 0 Å². The number of likely N-dealkylation sites (tertiary alicyclic amines) is 1. The molecule has 1 aromatic heterocycles. The Bertz CT molecular complexity index is 1030. The van der Waals surface area contributed by atoms with Crippen LogP contribution >= 0.6 is 0 Å². The van der Waals surface area contributed by atoms with Crippen LogP contribution in [0.25, 0.3) is 0 Å². The van der Waals surface area contributed by atoms with Gasteiger partial charge in [-0.05, 0) is 70.1 Å². The van der Waals surface area contributed by atoms with Gasteiger partial charge in [-0.2, -0.15) is 0 Å². The zero-order chi connectivity index (χ0) is 23.5. The number of piperidine rings is 2. The van der Waals surface area contributed by atoms with Crippen molar-refractivity contribution in [3.05, 3.63) is 52.6 Å². The third kappa shape index (κ3) is 4.87. The fourth-order valence-electron chi connectivity index (χ4n) is 4.92. The van der Waals surface area contributed by atoms with E-state index in [0.717, 1.165) is 37.9 Å². The number of hydrogen-bond donors (Lipinski definition) is 0. The number of rotatable bonds is 4. The van der Waals surface area contributed by atoms with Gasteiger partial charge in [0.2, 0.25) is 0 Å². The summed E-state index contributed by atoms with van der Waals surface area (Å²) in [6.45, 7) is 6.75. The normalized spacial score (nSPS) is 18.8. The SMILES string of the molecule is Cc1ccc(C(=O)N2CCCC[C@@H]2c2ncc(C(=O)N(C)C)c(C)n2)cc1N1CCCCC1. The Morgan fingerprint density at radius 2 is 1.73 bits per heavy atom. The second-order valence-electron chi connectivity index (χ2n) is 9.49. The summed E-state index contributed by atoms with van der Waals surface area (Å²) in [6, 6.07) is 5.91. The van der Waals surface area contributed by atoms with Gasteiger partial charge in [-0.1, -0.05) is 6.07 Å². The van der Waals surface area contributed by atoms with E-state index in [0.29, 0.717) is 23.6 Å². The van der Waals surface area contributed by atoms with Crippen LogP contribution in [-0.4, -0.2) is 65.3 Å². The third-order valence-corrected chi connectivity index (χ3v) is 6.85. The van der Waals surface area contributed by atoms with Gasteiger partial charge in [0, 0.05) is 51.2 Å². The number of benzene rings is 1. The molecular weight excluding hydrogens is 414 g/mol. The molecule has 7 nitrogen and oxygen atoms in total. The lowest BCUT2D eigenvalue weighted by Gasteiger charge is -2.35. The first kappa shape index (κ1) is 23.2. The van der Waals surface area contributed by atoms with Crippen molar-refractivity contribution >= 4 is 17.5 Å². The number of nitrogens with zero attached hydrogens (tertiary/aromatic N) is 5. The van der Waals surface area contributed by atoms with E-state index in [1.165, 1.54) is 35.4 Å². The van der Waals surface area contributed by atoms with Crippen molar-refractivity contribution in [2.24, 2.45) is 0 Å². The number of carbonyl (C=O) groups excluding carboxylic acids is 2. The molecule has 2 aromatic rings. The van der Waals surface area contributed by atoms with E-state index in [2.05, 4.69) is 33.9 Å². The van der Waals surface area contributed by atoms with Gasteiger partial charge >= 0.3 is 0 Å². The van der Waals surface area contributed by atoms with E-state index >= 15 is 0 Å². The van der Waals surface area contributed by atoms with Crippen molar-refractivity contribution in [3.8, 4) is 0 Å². The minimum Gasteiger partial charge on any atom is -0.371 e. The van der Waals surface area contributed by atoms with Crippen molar-refractivity contribution < 1.29 is 9.59 Å². The smallest absolute Gasteiger partial charge is 0.256 e. The van der Waals surface area contributed by atoms with E-state index in [-0.39, 0.29) is 17.9 Å². The average Bonchev–Trinajstić information content (AvgIpc) is 2.84. The zero-order valence-corrected chi connectivity index (χ0v) is 20.3. The summed E-state index contributed by atoms with van der Waals surface area (Å²) < 4.78 is 0. The highest BCUT2D eigenvalue weighted by atomic mass is 16.2. The second-order valence-corrected chi connectivity index (χ2v) is 9.49. The Morgan fingerprint density at radius 1 is 1.00 bits per heavy atom. The minimum atomic E-state index is -0.173. The topological polar surface area (TPSA) is 69.6 Å². The summed E-state index contributed by atoms with van der Waals surface area (Å²) in [5.41, 5.74) is 4.27. The molecule has 3 heterocycles. The maximum absolute atomic E-state index is 13.7. The Balaban J connectivity index is 1.61. The highest BCUT2D eigenvalue weighted by Crippen LogP contribution is 2.32. The predicted octanol–water partition coefficient (Wildman–Crippen LogP) is 4.15. The van der Waals surface area contributed by atoms with Gasteiger partial charge in [-0.3, -0.25) is 9.59 Å². The second kappa shape index (κ2) is 9.89. The predicted molar refractivity (Wildman–Crippen MR) is 130 cm³/mol. The van der Waals surface area contributed by atoms with Gasteiger partial charge in [-0.25, -0.2) is 9.97 Å². The summed E-state index contributed by atoms with van der Waals surface area (Å²) >= 11 is 0. The average molecular weight is 450 g/mol. The number of hydrogen-bond acceptors (Lipinski definition) is 5. The van der Waals surface area contributed by atoms with E-state index in [1.54, 1.807) is 20.3 Å². The molecule has 1 aromatic carbocycles. The van der Waals surface area contributed by atoms with Gasteiger partial charge in [0.25, 0.3) is 11.8 Å². The van der Waals surface area contributed by atoms with E-state index in [9.17, 15) is 9.59 Å². The molecule has 33 heavy (non-hydrogen) atoms. The highest BCUT2D eigenvalue weighted by molar-refractivity contribution is 5.96. The van der Waals surface area contributed by atoms with Gasteiger partial charge in [0.15, 0.2) is 5.82 Å². The Kier molecular flexibility index (Phi) is 6.96. The summed E-state index contributed by atoms with van der Waals surface area (Å²) in [6.07, 6.45) is 8.13. The first-order valence-corrected chi connectivity index (χ1v) is 12.1. The van der Waals surface area contributed by atoms with E-state index in [1.807, 2.05) is 17.9 Å². The van der Waals surface area contributed by atoms with Gasteiger partial charge < -0.3 is 14.7 Å². The molecule has 0 spiro atoms. The lowest BCUT2D eigenvalue weighted by atomic mass is 9.98. The summed E-state index contributed by atoms with van der Waals surface area (Å²) in [5.74, 6) is 0.549. The lowest BCUT2D eigenvalue weighted by molar-refractivity contribution is 0.0598. The van der Waals surface area contributed by atoms with Crippen LogP contribution in [-0.2, 0) is 0 Å². The van der Waals surface area contributed by atoms with E-state index < -0.39 is 0 Å². The molecule has 1 atom stereocenters. The Labute approximate surface area is 196 Å². The molecule has 0 bridgehead atoms. The number of amides is 2. The third-order valence-electron chi connectivity index (χ3n) is 6.85. The molecule has 176 valence electrons. The zero-order valence-electron chi connectivity index (χ0n) is 20.3. The van der Waals surface area contributed by atoms with Crippen LogP contribution in [0.3, 0.4) is 0 Å². The van der Waals surface area contributed by atoms with Crippen LogP contribution < -0.4 is 4.90 Å². The molecule has 0 unspecified atom stereocenters. The molecule has 2 aliphatic heterocycles. The Morgan fingerprint density at radius 3 is 2.42 bits per heavy atom. The first-order valence-electron chi connectivity index (χ1n) is 12.1. The van der Waals surface area contributed by atoms with Gasteiger partial charge in [0.1, 0.15) is 0 Å². The van der Waals surface area contributed by atoms with Crippen molar-refractivity contribution in [1.82, 2.24) is 19.8 Å². The van der Waals surface area contributed by atoms with Crippen LogP contribution in [0, 0.1) is 13.8 Å². The Hall–Kier alpha value is -2.96. The van der Waals surface area contributed by atoms with Gasteiger partial charge in [0.05, 0.1) is 17.3 Å². The molecule has 4 rings (SSSR count). The maximum atomic E-state index is 13.7. The number of carbonyl (C=O) groups is 2. The molecule has 2 saturated heterocycles. The first-order chi connectivity index (χ1) is 15.9. The van der Waals surface area contributed by atoms with Crippen LogP contribution in [0.4, 0.5) is 5.69 Å². The van der Waals surface area contributed by atoms with Crippen molar-refractivity contribution in [2.75, 3.05) is 38.6 Å². The maximum Gasteiger partial charge on any atom is 0.256 e. The summed E-state index contributed by atoms with van der Waals surface area (Å²) in [5, 5.41) is 0. The molecule has 2 amide bonds. The van der Waals surface area contributed by atoms with Gasteiger partial charge in [-0.15, -0.1) is 0 Å². The monoisotopic (exact) mass is 449 g/mol. The van der Waals surface area contributed by atoms with Crippen molar-refractivity contribution in [2.45, 2.75) is 58.4 Å². The molecular formula is C26H35N5O2. The summed E-state index contributed by atoms with van der Waals surface area (Å²) in [4.78, 5) is 41.1. The molecule has 7 heteroatoms. The molecule has 0 aliphatic carbocycles. The largest absolute Gasteiger partial charge is 0.371 e. The van der Waals surface area contributed by atoms with Crippen LogP contribution in [0.5, 0.6) is 0 Å². The van der Waals surface area contributed by atoms with E-state index in [4.69, 9.17) is 0 Å². The molecule has 2 fully saturated rings. The molecule has 0 radical (unpaired) electrons. The van der Waals surface area contributed by atoms with Crippen LogP contribution in [0.1, 0.15) is 82.4 Å². The number of aryl methyl sites for hydroxylation is 2. The fraction of sp³-hybridized carbons (Fsp3) is 0.538. The standard InChI is InChI=1S/C26H35N5O2/c1-18-11-12-20(16-23(18)30-13-7-5-8-14-30)25(32)31-15-9-6-10-22(31)24-27-17-21(19(2)28-24)26(33)29(3)4/h11-12,16-17,22H,5-10,13-15H2,1-4H3/t22-/m1/s1. The van der Waals surface area contributed by atoms with Crippen LogP contribution in [0.15, 0.2) is 24.4 Å². The van der Waals surface area contributed by atoms with Crippen molar-refractivity contribution in [3.63, 3.8) is 0 Å². The quantitative estimate of drug-likeness (QED) is 0.701. The number of aromatic nitrogens is 2. The lowest BCUT2D eigenvalue weighted by Crippen LogP contribution is -2.39. The molecule has 2 aliphatic rings. The summed E-state index contributed by atoms with van der Waals surface area (Å²) in [7, 11) is 3.44. The molecule has 0 saturated carbocycles. The molecule has 0 N–H and O–H groups in total. The number of anilines is 1.